The van der Waals surface area contributed by atoms with Crippen molar-refractivity contribution in [2.75, 3.05) is 14.2 Å². The van der Waals surface area contributed by atoms with Gasteiger partial charge in [-0.2, -0.15) is 0 Å². The van der Waals surface area contributed by atoms with Gasteiger partial charge in [0.05, 0.1) is 7.11 Å². The topological polar surface area (TPSA) is 58.2 Å². The van der Waals surface area contributed by atoms with Crippen LogP contribution in [0.1, 0.15) is 16.3 Å². The Balaban J connectivity index is 2.78. The number of carbonyl (C=O) groups is 1. The van der Waals surface area contributed by atoms with Gasteiger partial charge >= 0.3 is 5.91 Å². The molecule has 0 bridgehead atoms. The molecule has 1 N–H and O–H groups in total. The van der Waals surface area contributed by atoms with Gasteiger partial charge in [-0.05, 0) is 6.92 Å². The molecule has 0 saturated heterocycles. The summed E-state index contributed by atoms with van der Waals surface area (Å²) >= 11 is 0. The average molecular weight is 169 g/mol. The second kappa shape index (κ2) is 3.36. The maximum absolute atomic E-state index is 11.3. The number of rotatable bonds is 2. The Morgan fingerprint density at radius 3 is 2.83 bits per heavy atom. The molecule has 0 aliphatic heterocycles. The summed E-state index contributed by atoms with van der Waals surface area (Å²) in [5.41, 5.74) is 0.850. The Labute approximate surface area is 70.3 Å². The van der Waals surface area contributed by atoms with Gasteiger partial charge in [-0.3, -0.25) is 9.63 Å². The molecule has 0 fully saturated rings. The van der Waals surface area contributed by atoms with Crippen molar-refractivity contribution < 1.29 is 9.63 Å². The minimum absolute atomic E-state index is 0.286. The Bertz CT molecular complexity index is 282. The van der Waals surface area contributed by atoms with Crippen molar-refractivity contribution in [3.63, 3.8) is 0 Å². The Morgan fingerprint density at radius 1 is 1.75 bits per heavy atom. The summed E-state index contributed by atoms with van der Waals surface area (Å²) in [6.45, 7) is 1.83. The largest absolute Gasteiger partial charge is 0.338 e. The summed E-state index contributed by atoms with van der Waals surface area (Å²) in [4.78, 5) is 22.7. The van der Waals surface area contributed by atoms with Gasteiger partial charge in [0, 0.05) is 18.9 Å². The fourth-order valence-corrected chi connectivity index (χ4v) is 0.753. The molecule has 0 saturated carbocycles. The second-order valence-corrected chi connectivity index (χ2v) is 2.40. The molecule has 5 nitrogen and oxygen atoms in total. The van der Waals surface area contributed by atoms with E-state index in [0.717, 1.165) is 10.8 Å². The molecule has 66 valence electrons. The molecular formula is C7H11N3O2. The third kappa shape index (κ3) is 1.62. The van der Waals surface area contributed by atoms with Gasteiger partial charge in [0.1, 0.15) is 0 Å². The summed E-state index contributed by atoms with van der Waals surface area (Å²) < 4.78 is 0. The Morgan fingerprint density at radius 2 is 2.42 bits per heavy atom. The van der Waals surface area contributed by atoms with E-state index in [0.29, 0.717) is 0 Å². The van der Waals surface area contributed by atoms with Gasteiger partial charge < -0.3 is 4.98 Å². The summed E-state index contributed by atoms with van der Waals surface area (Å²) in [6, 6.07) is 0. The van der Waals surface area contributed by atoms with Gasteiger partial charge in [-0.15, -0.1) is 0 Å². The van der Waals surface area contributed by atoms with Gasteiger partial charge in [-0.1, -0.05) is 0 Å². The van der Waals surface area contributed by atoms with Gasteiger partial charge in [0.15, 0.2) is 5.82 Å². The van der Waals surface area contributed by atoms with Crippen LogP contribution in [0.4, 0.5) is 0 Å². The number of hydrogen-bond acceptors (Lipinski definition) is 3. The molecule has 1 aromatic heterocycles. The standard InChI is InChI=1S/C7H11N3O2/c1-5-4-8-6(9-5)7(11)10(2)12-3/h4H,1-3H3,(H,8,9). The lowest BCUT2D eigenvalue weighted by Gasteiger charge is -2.10. The lowest BCUT2D eigenvalue weighted by atomic mass is 10.5. The van der Waals surface area contributed by atoms with E-state index in [-0.39, 0.29) is 11.7 Å². The highest BCUT2D eigenvalue weighted by molar-refractivity contribution is 5.89. The van der Waals surface area contributed by atoms with Crippen molar-refractivity contribution in [3.05, 3.63) is 17.7 Å². The monoisotopic (exact) mass is 169 g/mol. The first-order valence-corrected chi connectivity index (χ1v) is 3.49. The normalized spacial score (nSPS) is 9.92. The zero-order chi connectivity index (χ0) is 9.14. The second-order valence-electron chi connectivity index (χ2n) is 2.40. The number of aryl methyl sites for hydroxylation is 1. The maximum atomic E-state index is 11.3. The minimum Gasteiger partial charge on any atom is -0.338 e. The molecule has 0 atom stereocenters. The fraction of sp³-hybridized carbons (Fsp3) is 0.429. The van der Waals surface area contributed by atoms with Crippen molar-refractivity contribution in [2.24, 2.45) is 0 Å². The van der Waals surface area contributed by atoms with Crippen LogP contribution in [-0.2, 0) is 4.84 Å². The number of imidazole rings is 1. The molecule has 0 spiro atoms. The van der Waals surface area contributed by atoms with Crippen molar-refractivity contribution in [1.29, 1.82) is 0 Å². The maximum Gasteiger partial charge on any atom is 0.312 e. The van der Waals surface area contributed by atoms with Crippen molar-refractivity contribution >= 4 is 5.91 Å². The van der Waals surface area contributed by atoms with E-state index >= 15 is 0 Å². The summed E-state index contributed by atoms with van der Waals surface area (Å²) in [6.07, 6.45) is 1.59. The van der Waals surface area contributed by atoms with Gasteiger partial charge in [0.2, 0.25) is 0 Å². The molecule has 12 heavy (non-hydrogen) atoms. The first-order valence-electron chi connectivity index (χ1n) is 3.49. The number of hydrogen-bond donors (Lipinski definition) is 1. The number of nitrogens with zero attached hydrogens (tertiary/aromatic N) is 2. The molecule has 0 aliphatic carbocycles. The van der Waals surface area contributed by atoms with Crippen LogP contribution in [0.15, 0.2) is 6.20 Å². The predicted octanol–water partition coefficient (Wildman–Crippen LogP) is 0.352. The van der Waals surface area contributed by atoms with Gasteiger partial charge in [-0.25, -0.2) is 10.0 Å². The summed E-state index contributed by atoms with van der Waals surface area (Å²) in [5, 5.41) is 1.11. The third-order valence-corrected chi connectivity index (χ3v) is 1.47. The number of hydroxylamine groups is 2. The lowest BCUT2D eigenvalue weighted by molar-refractivity contribution is -0.0763. The number of amides is 1. The van der Waals surface area contributed by atoms with E-state index in [9.17, 15) is 4.79 Å². The highest BCUT2D eigenvalue weighted by Gasteiger charge is 2.13. The molecule has 1 amide bonds. The van der Waals surface area contributed by atoms with Crippen LogP contribution in [0.25, 0.3) is 0 Å². The highest BCUT2D eigenvalue weighted by atomic mass is 16.7. The Kier molecular flexibility index (Phi) is 2.44. The highest BCUT2D eigenvalue weighted by Crippen LogP contribution is 1.98. The number of nitrogens with one attached hydrogen (secondary N) is 1. The molecule has 1 heterocycles. The molecule has 1 aromatic rings. The quantitative estimate of drug-likeness (QED) is 0.650. The molecule has 0 unspecified atom stereocenters. The van der Waals surface area contributed by atoms with E-state index in [4.69, 9.17) is 4.84 Å². The van der Waals surface area contributed by atoms with Crippen molar-refractivity contribution in [2.45, 2.75) is 6.92 Å². The number of aromatic amines is 1. The van der Waals surface area contributed by atoms with Crippen LogP contribution in [0, 0.1) is 6.92 Å². The van der Waals surface area contributed by atoms with Crippen LogP contribution in [0.3, 0.4) is 0 Å². The molecule has 5 heteroatoms. The van der Waals surface area contributed by atoms with E-state index < -0.39 is 0 Å². The third-order valence-electron chi connectivity index (χ3n) is 1.47. The van der Waals surface area contributed by atoms with E-state index in [1.54, 1.807) is 6.20 Å². The first-order chi connectivity index (χ1) is 5.65. The number of H-pyrrole nitrogens is 1. The Hall–Kier alpha value is -1.36. The molecule has 1 rings (SSSR count). The SMILES string of the molecule is CON(C)C(=O)c1ncc(C)[nH]1. The van der Waals surface area contributed by atoms with Crippen molar-refractivity contribution in [1.82, 2.24) is 15.0 Å². The van der Waals surface area contributed by atoms with Crippen LogP contribution >= 0.6 is 0 Å². The first kappa shape index (κ1) is 8.73. The zero-order valence-electron chi connectivity index (χ0n) is 7.29. The predicted molar refractivity (Wildman–Crippen MR) is 42.4 cm³/mol. The van der Waals surface area contributed by atoms with E-state index in [2.05, 4.69) is 9.97 Å². The summed E-state index contributed by atoms with van der Waals surface area (Å²) in [5.74, 6) is 0.00227. The molecule has 0 aromatic carbocycles. The molecular weight excluding hydrogens is 158 g/mol. The van der Waals surface area contributed by atoms with Crippen LogP contribution in [0.2, 0.25) is 0 Å². The minimum atomic E-state index is -0.286. The lowest BCUT2D eigenvalue weighted by Crippen LogP contribution is -2.26. The molecule has 0 radical (unpaired) electrons. The number of carbonyl (C=O) groups excluding carboxylic acids is 1. The molecule has 0 aliphatic rings. The van der Waals surface area contributed by atoms with E-state index in [1.807, 2.05) is 6.92 Å². The summed E-state index contributed by atoms with van der Waals surface area (Å²) in [7, 11) is 2.95. The smallest absolute Gasteiger partial charge is 0.312 e. The average Bonchev–Trinajstić information content (AvgIpc) is 2.49. The van der Waals surface area contributed by atoms with Crippen LogP contribution in [-0.4, -0.2) is 35.1 Å². The van der Waals surface area contributed by atoms with Crippen molar-refractivity contribution in [3.8, 4) is 0 Å². The number of aromatic nitrogens is 2. The van der Waals surface area contributed by atoms with Crippen LogP contribution in [0.5, 0.6) is 0 Å². The zero-order valence-corrected chi connectivity index (χ0v) is 7.29. The van der Waals surface area contributed by atoms with Gasteiger partial charge in [0.25, 0.3) is 0 Å². The fourth-order valence-electron chi connectivity index (χ4n) is 0.753. The van der Waals surface area contributed by atoms with E-state index in [1.165, 1.54) is 14.2 Å². The van der Waals surface area contributed by atoms with Crippen LogP contribution < -0.4 is 0 Å².